The van der Waals surface area contributed by atoms with Gasteiger partial charge in [-0.3, -0.25) is 4.72 Å². The van der Waals surface area contributed by atoms with Crippen molar-refractivity contribution in [1.29, 1.82) is 5.26 Å². The highest BCUT2D eigenvalue weighted by Gasteiger charge is 2.17. The van der Waals surface area contributed by atoms with E-state index < -0.39 is 10.0 Å². The molecule has 0 aliphatic carbocycles. The van der Waals surface area contributed by atoms with Gasteiger partial charge in [-0.1, -0.05) is 0 Å². The number of ether oxygens (including phenoxy) is 1. The van der Waals surface area contributed by atoms with Gasteiger partial charge in [0.2, 0.25) is 0 Å². The minimum absolute atomic E-state index is 0.0552. The fourth-order valence-electron chi connectivity index (χ4n) is 1.60. The van der Waals surface area contributed by atoms with Gasteiger partial charge in [-0.2, -0.15) is 5.26 Å². The van der Waals surface area contributed by atoms with Gasteiger partial charge in [-0.15, -0.1) is 0 Å². The monoisotopic (exact) mass is 304 g/mol. The number of nitrogens with zero attached hydrogens (tertiary/aromatic N) is 2. The number of rotatable bonds is 4. The van der Waals surface area contributed by atoms with Crippen molar-refractivity contribution in [3.05, 3.63) is 42.2 Å². The Hall–Kier alpha value is -2.79. The molecule has 0 unspecified atom stereocenters. The van der Waals surface area contributed by atoms with Crippen LogP contribution in [-0.4, -0.2) is 20.5 Å². The number of nitriles is 1. The van der Waals surface area contributed by atoms with Crippen molar-refractivity contribution in [3.8, 4) is 11.8 Å². The number of benzene rings is 1. The Kier molecular flexibility index (Phi) is 3.95. The lowest BCUT2D eigenvalue weighted by Gasteiger charge is -2.12. The smallest absolute Gasteiger partial charge is 0.263 e. The van der Waals surface area contributed by atoms with Gasteiger partial charge >= 0.3 is 0 Å². The highest BCUT2D eigenvalue weighted by atomic mass is 32.2. The topological polar surface area (TPSA) is 118 Å². The van der Waals surface area contributed by atoms with E-state index >= 15 is 0 Å². The van der Waals surface area contributed by atoms with Crippen LogP contribution in [0.2, 0.25) is 0 Å². The van der Waals surface area contributed by atoms with E-state index in [1.807, 2.05) is 6.07 Å². The highest BCUT2D eigenvalue weighted by Crippen LogP contribution is 2.28. The summed E-state index contributed by atoms with van der Waals surface area (Å²) >= 11 is 0. The molecule has 0 saturated heterocycles. The van der Waals surface area contributed by atoms with Gasteiger partial charge < -0.3 is 10.5 Å². The van der Waals surface area contributed by atoms with Gasteiger partial charge in [0.05, 0.1) is 12.8 Å². The summed E-state index contributed by atoms with van der Waals surface area (Å²) in [6, 6.07) is 9.02. The van der Waals surface area contributed by atoms with Crippen LogP contribution in [0.3, 0.4) is 0 Å². The van der Waals surface area contributed by atoms with E-state index in [9.17, 15) is 8.42 Å². The van der Waals surface area contributed by atoms with Crippen LogP contribution in [0.4, 0.5) is 11.4 Å². The number of aromatic nitrogens is 1. The number of sulfonamides is 1. The van der Waals surface area contributed by atoms with Crippen molar-refractivity contribution in [2.75, 3.05) is 17.6 Å². The molecule has 1 heterocycles. The zero-order valence-electron chi connectivity index (χ0n) is 11.1. The molecule has 0 bridgehead atoms. The molecule has 0 spiro atoms. The van der Waals surface area contributed by atoms with Crippen LogP contribution < -0.4 is 15.2 Å². The molecule has 21 heavy (non-hydrogen) atoms. The van der Waals surface area contributed by atoms with E-state index in [1.54, 1.807) is 6.07 Å². The molecule has 3 N–H and O–H groups in total. The van der Waals surface area contributed by atoms with Crippen molar-refractivity contribution in [2.24, 2.45) is 0 Å². The predicted molar refractivity (Wildman–Crippen MR) is 77.2 cm³/mol. The Bertz CT molecular complexity index is 795. The van der Waals surface area contributed by atoms with Crippen molar-refractivity contribution in [1.82, 2.24) is 4.98 Å². The van der Waals surface area contributed by atoms with Crippen LogP contribution in [0.5, 0.6) is 5.75 Å². The number of nitrogens with two attached hydrogens (primary N) is 1. The molecule has 0 radical (unpaired) electrons. The van der Waals surface area contributed by atoms with E-state index in [0.717, 1.165) is 6.20 Å². The van der Waals surface area contributed by atoms with Crippen molar-refractivity contribution in [3.63, 3.8) is 0 Å². The molecule has 1 aromatic heterocycles. The van der Waals surface area contributed by atoms with E-state index in [1.165, 1.54) is 31.4 Å². The molecule has 108 valence electrons. The lowest BCUT2D eigenvalue weighted by molar-refractivity contribution is 0.417. The number of hydrogen-bond donors (Lipinski definition) is 2. The molecule has 0 amide bonds. The summed E-state index contributed by atoms with van der Waals surface area (Å²) < 4.78 is 31.9. The van der Waals surface area contributed by atoms with Crippen LogP contribution in [-0.2, 0) is 10.0 Å². The zero-order chi connectivity index (χ0) is 15.5. The third-order valence-corrected chi connectivity index (χ3v) is 3.98. The van der Waals surface area contributed by atoms with Crippen LogP contribution in [0.1, 0.15) is 5.69 Å². The van der Waals surface area contributed by atoms with Crippen molar-refractivity contribution >= 4 is 21.4 Å². The molecule has 7 nitrogen and oxygen atoms in total. The fourth-order valence-corrected chi connectivity index (χ4v) is 2.62. The molecule has 2 rings (SSSR count). The maximum atomic E-state index is 12.2. The molecular formula is C13H12N4O3S. The predicted octanol–water partition coefficient (Wildman–Crippen LogP) is 1.34. The minimum atomic E-state index is -3.83. The molecule has 2 aromatic rings. The Morgan fingerprint density at radius 1 is 1.33 bits per heavy atom. The number of methoxy groups -OCH3 is 1. The summed E-state index contributed by atoms with van der Waals surface area (Å²) in [5.41, 5.74) is 6.46. The second-order valence-corrected chi connectivity index (χ2v) is 5.74. The first-order valence-corrected chi connectivity index (χ1v) is 7.27. The molecule has 0 saturated carbocycles. The second kappa shape index (κ2) is 5.68. The van der Waals surface area contributed by atoms with E-state index in [2.05, 4.69) is 9.71 Å². The lowest BCUT2D eigenvalue weighted by Crippen LogP contribution is -2.14. The molecule has 1 aromatic carbocycles. The van der Waals surface area contributed by atoms with E-state index in [-0.39, 0.29) is 16.3 Å². The summed E-state index contributed by atoms with van der Waals surface area (Å²) in [7, 11) is -2.41. The number of nitrogen functional groups attached to an aromatic ring is 1. The first kappa shape index (κ1) is 14.6. The molecule has 0 aliphatic rings. The Morgan fingerprint density at radius 2 is 2.10 bits per heavy atom. The Balaban J connectivity index is 2.35. The summed E-state index contributed by atoms with van der Waals surface area (Å²) in [4.78, 5) is 3.68. The van der Waals surface area contributed by atoms with E-state index in [4.69, 9.17) is 15.7 Å². The molecule has 0 atom stereocenters. The first-order valence-electron chi connectivity index (χ1n) is 5.79. The van der Waals surface area contributed by atoms with Gasteiger partial charge in [0.15, 0.2) is 0 Å². The minimum Gasteiger partial charge on any atom is -0.494 e. The summed E-state index contributed by atoms with van der Waals surface area (Å²) in [6.45, 7) is 0. The standard InChI is InChI=1S/C13H12N4O3S/c1-20-13-6-9(15)2-5-12(13)17-21(18,19)11-4-3-10(7-14)16-8-11/h2-6,8,17H,15H2,1H3. The molecule has 0 aliphatic heterocycles. The van der Waals surface area contributed by atoms with Crippen LogP contribution in [0.25, 0.3) is 0 Å². The Labute approximate surface area is 122 Å². The Morgan fingerprint density at radius 3 is 2.67 bits per heavy atom. The van der Waals surface area contributed by atoms with Gasteiger partial charge in [0.1, 0.15) is 22.4 Å². The SMILES string of the molecule is COc1cc(N)ccc1NS(=O)(=O)c1ccc(C#N)nc1. The normalized spacial score (nSPS) is 10.7. The average Bonchev–Trinajstić information content (AvgIpc) is 2.49. The molecular weight excluding hydrogens is 292 g/mol. The molecule has 8 heteroatoms. The lowest BCUT2D eigenvalue weighted by atomic mass is 10.2. The quantitative estimate of drug-likeness (QED) is 0.823. The van der Waals surface area contributed by atoms with Gasteiger partial charge in [-0.25, -0.2) is 13.4 Å². The summed E-state index contributed by atoms with van der Waals surface area (Å²) in [6.07, 6.45) is 1.12. The van der Waals surface area contributed by atoms with Crippen LogP contribution in [0, 0.1) is 11.3 Å². The van der Waals surface area contributed by atoms with Gasteiger partial charge in [-0.05, 0) is 24.3 Å². The van der Waals surface area contributed by atoms with Gasteiger partial charge in [0, 0.05) is 18.0 Å². The summed E-state index contributed by atoms with van der Waals surface area (Å²) in [5.74, 6) is 0.306. The third-order valence-electron chi connectivity index (χ3n) is 2.63. The molecule has 0 fully saturated rings. The average molecular weight is 304 g/mol. The van der Waals surface area contributed by atoms with Crippen molar-refractivity contribution < 1.29 is 13.2 Å². The number of nitrogens with one attached hydrogen (secondary N) is 1. The highest BCUT2D eigenvalue weighted by molar-refractivity contribution is 7.92. The number of anilines is 2. The van der Waals surface area contributed by atoms with E-state index in [0.29, 0.717) is 11.4 Å². The number of pyridine rings is 1. The van der Waals surface area contributed by atoms with Crippen molar-refractivity contribution in [2.45, 2.75) is 4.90 Å². The maximum Gasteiger partial charge on any atom is 0.263 e. The zero-order valence-corrected chi connectivity index (χ0v) is 11.9. The number of hydrogen-bond acceptors (Lipinski definition) is 6. The van der Waals surface area contributed by atoms with Gasteiger partial charge in [0.25, 0.3) is 10.0 Å². The second-order valence-electron chi connectivity index (χ2n) is 4.06. The third kappa shape index (κ3) is 3.21. The van der Waals surface area contributed by atoms with Crippen LogP contribution >= 0.6 is 0 Å². The largest absolute Gasteiger partial charge is 0.494 e. The first-order chi connectivity index (χ1) is 9.96. The fraction of sp³-hybridized carbons (Fsp3) is 0.0769. The maximum absolute atomic E-state index is 12.2. The van der Waals surface area contributed by atoms with Crippen LogP contribution in [0.15, 0.2) is 41.4 Å². The summed E-state index contributed by atoms with van der Waals surface area (Å²) in [5, 5.41) is 8.65.